The molecule has 0 aliphatic carbocycles. The van der Waals surface area contributed by atoms with Gasteiger partial charge in [-0.1, -0.05) is 6.07 Å². The van der Waals surface area contributed by atoms with Gasteiger partial charge in [0.25, 0.3) is 0 Å². The second-order valence-corrected chi connectivity index (χ2v) is 6.20. The van der Waals surface area contributed by atoms with Crippen molar-refractivity contribution in [3.63, 3.8) is 0 Å². The molecule has 96 valence electrons. The van der Waals surface area contributed by atoms with Gasteiger partial charge in [0.15, 0.2) is 0 Å². The first-order chi connectivity index (χ1) is 8.63. The third-order valence-corrected chi connectivity index (χ3v) is 3.93. The van der Waals surface area contributed by atoms with Crippen LogP contribution in [-0.2, 0) is 13.0 Å². The Morgan fingerprint density at radius 2 is 2.06 bits per heavy atom. The molecule has 3 heteroatoms. The van der Waals surface area contributed by atoms with Crippen molar-refractivity contribution in [1.82, 2.24) is 10.3 Å². The molecule has 0 radical (unpaired) electrons. The predicted molar refractivity (Wildman–Crippen MR) is 78.0 cm³/mol. The molecule has 1 atom stereocenters. The molecule has 0 spiro atoms. The first-order valence-electron chi connectivity index (χ1n) is 6.34. The van der Waals surface area contributed by atoms with E-state index in [1.54, 1.807) is 0 Å². The van der Waals surface area contributed by atoms with Crippen molar-refractivity contribution < 1.29 is 0 Å². The fourth-order valence-corrected chi connectivity index (χ4v) is 2.87. The van der Waals surface area contributed by atoms with Crippen LogP contribution in [0.15, 0.2) is 30.5 Å². The Bertz CT molecular complexity index is 487. The van der Waals surface area contributed by atoms with Gasteiger partial charge in [0.05, 0.1) is 5.69 Å². The van der Waals surface area contributed by atoms with E-state index >= 15 is 0 Å². The Hall–Kier alpha value is -1.19. The molecule has 0 fully saturated rings. The fourth-order valence-electron chi connectivity index (χ4n) is 1.85. The lowest BCUT2D eigenvalue weighted by atomic mass is 10.2. The Morgan fingerprint density at radius 1 is 1.22 bits per heavy atom. The third-order valence-electron chi connectivity index (χ3n) is 2.91. The van der Waals surface area contributed by atoms with Gasteiger partial charge >= 0.3 is 0 Å². The summed E-state index contributed by atoms with van der Waals surface area (Å²) in [4.78, 5) is 7.24. The number of aryl methyl sites for hydroxylation is 2. The van der Waals surface area contributed by atoms with Gasteiger partial charge in [0.2, 0.25) is 0 Å². The largest absolute Gasteiger partial charge is 0.308 e. The van der Waals surface area contributed by atoms with Crippen LogP contribution in [0.4, 0.5) is 0 Å². The normalized spacial score (nSPS) is 12.6. The van der Waals surface area contributed by atoms with Crippen LogP contribution in [0.1, 0.15) is 27.9 Å². The molecule has 0 saturated carbocycles. The minimum atomic E-state index is 0.478. The molecule has 0 aromatic carbocycles. The number of nitrogens with one attached hydrogen (secondary N) is 1. The maximum atomic E-state index is 4.40. The van der Waals surface area contributed by atoms with Crippen LogP contribution in [0.25, 0.3) is 0 Å². The summed E-state index contributed by atoms with van der Waals surface area (Å²) in [5.74, 6) is 0. The minimum Gasteiger partial charge on any atom is -0.308 e. The molecular formula is C15H20N2S. The summed E-state index contributed by atoms with van der Waals surface area (Å²) < 4.78 is 0. The standard InChI is InChI=1S/C15H20N2S/c1-11-4-6-14(17-9-11)10-16-12(2)8-15-7-5-13(3)18-15/h4-7,9,12,16H,8,10H2,1-3H3. The first-order valence-corrected chi connectivity index (χ1v) is 7.15. The van der Waals surface area contributed by atoms with Crippen LogP contribution in [-0.4, -0.2) is 11.0 Å². The van der Waals surface area contributed by atoms with Crippen LogP contribution in [0.3, 0.4) is 0 Å². The van der Waals surface area contributed by atoms with Crippen molar-refractivity contribution in [2.45, 2.75) is 39.8 Å². The van der Waals surface area contributed by atoms with Crippen molar-refractivity contribution in [3.05, 3.63) is 51.5 Å². The lowest BCUT2D eigenvalue weighted by Gasteiger charge is -2.12. The number of hydrogen-bond donors (Lipinski definition) is 1. The summed E-state index contributed by atoms with van der Waals surface area (Å²) in [6, 6.07) is 9.09. The van der Waals surface area contributed by atoms with Crippen molar-refractivity contribution >= 4 is 11.3 Å². The minimum absolute atomic E-state index is 0.478. The molecule has 2 nitrogen and oxygen atoms in total. The number of pyridine rings is 1. The molecule has 0 aliphatic heterocycles. The lowest BCUT2D eigenvalue weighted by Crippen LogP contribution is -2.27. The van der Waals surface area contributed by atoms with Gasteiger partial charge in [-0.05, 0) is 51.0 Å². The third kappa shape index (κ3) is 3.93. The molecule has 0 saturated heterocycles. The fraction of sp³-hybridized carbons (Fsp3) is 0.400. The van der Waals surface area contributed by atoms with E-state index < -0.39 is 0 Å². The Morgan fingerprint density at radius 3 is 2.67 bits per heavy atom. The van der Waals surface area contributed by atoms with Crippen LogP contribution >= 0.6 is 11.3 Å². The van der Waals surface area contributed by atoms with Crippen molar-refractivity contribution in [3.8, 4) is 0 Å². The van der Waals surface area contributed by atoms with Gasteiger partial charge in [-0.25, -0.2) is 0 Å². The highest BCUT2D eigenvalue weighted by Gasteiger charge is 2.05. The van der Waals surface area contributed by atoms with E-state index in [-0.39, 0.29) is 0 Å². The SMILES string of the molecule is Cc1ccc(CNC(C)Cc2ccc(C)s2)nc1. The zero-order chi connectivity index (χ0) is 13.0. The van der Waals surface area contributed by atoms with E-state index in [1.165, 1.54) is 15.3 Å². The highest BCUT2D eigenvalue weighted by atomic mass is 32.1. The molecule has 2 aromatic rings. The predicted octanol–water partition coefficient (Wildman–Crippen LogP) is 3.48. The second-order valence-electron chi connectivity index (χ2n) is 4.83. The Labute approximate surface area is 113 Å². The number of aromatic nitrogens is 1. The first kappa shape index (κ1) is 13.2. The monoisotopic (exact) mass is 260 g/mol. The van der Waals surface area contributed by atoms with Crippen LogP contribution in [0.5, 0.6) is 0 Å². The van der Waals surface area contributed by atoms with Gasteiger partial charge in [0, 0.05) is 28.5 Å². The zero-order valence-electron chi connectivity index (χ0n) is 11.2. The molecule has 18 heavy (non-hydrogen) atoms. The quantitative estimate of drug-likeness (QED) is 0.890. The van der Waals surface area contributed by atoms with E-state index in [9.17, 15) is 0 Å². The van der Waals surface area contributed by atoms with E-state index in [2.05, 4.69) is 55.3 Å². The second kappa shape index (κ2) is 6.12. The van der Waals surface area contributed by atoms with Crippen molar-refractivity contribution in [2.75, 3.05) is 0 Å². The van der Waals surface area contributed by atoms with E-state index in [0.29, 0.717) is 6.04 Å². The van der Waals surface area contributed by atoms with E-state index in [1.807, 2.05) is 17.5 Å². The lowest BCUT2D eigenvalue weighted by molar-refractivity contribution is 0.543. The molecule has 1 unspecified atom stereocenters. The van der Waals surface area contributed by atoms with Gasteiger partial charge < -0.3 is 5.32 Å². The highest BCUT2D eigenvalue weighted by molar-refractivity contribution is 7.11. The van der Waals surface area contributed by atoms with Gasteiger partial charge in [0.1, 0.15) is 0 Å². The topological polar surface area (TPSA) is 24.9 Å². The van der Waals surface area contributed by atoms with Crippen molar-refractivity contribution in [1.29, 1.82) is 0 Å². The van der Waals surface area contributed by atoms with E-state index in [0.717, 1.165) is 18.7 Å². The van der Waals surface area contributed by atoms with E-state index in [4.69, 9.17) is 0 Å². The summed E-state index contributed by atoms with van der Waals surface area (Å²) >= 11 is 1.88. The Balaban J connectivity index is 1.81. The molecule has 0 bridgehead atoms. The maximum Gasteiger partial charge on any atom is 0.0541 e. The highest BCUT2D eigenvalue weighted by Crippen LogP contribution is 2.16. The smallest absolute Gasteiger partial charge is 0.0541 e. The van der Waals surface area contributed by atoms with Crippen LogP contribution in [0.2, 0.25) is 0 Å². The molecule has 1 N–H and O–H groups in total. The summed E-state index contributed by atoms with van der Waals surface area (Å²) in [7, 11) is 0. The van der Waals surface area contributed by atoms with Gasteiger partial charge in [-0.3, -0.25) is 4.98 Å². The number of thiophene rings is 1. The molecule has 2 rings (SSSR count). The summed E-state index contributed by atoms with van der Waals surface area (Å²) in [5.41, 5.74) is 2.32. The maximum absolute atomic E-state index is 4.40. The average molecular weight is 260 g/mol. The van der Waals surface area contributed by atoms with Gasteiger partial charge in [-0.15, -0.1) is 11.3 Å². The average Bonchev–Trinajstić information content (AvgIpc) is 2.74. The Kier molecular flexibility index (Phi) is 4.50. The number of hydrogen-bond acceptors (Lipinski definition) is 3. The molecular weight excluding hydrogens is 240 g/mol. The summed E-state index contributed by atoms with van der Waals surface area (Å²) in [6.45, 7) is 7.28. The van der Waals surface area contributed by atoms with Gasteiger partial charge in [-0.2, -0.15) is 0 Å². The molecule has 2 heterocycles. The number of nitrogens with zero attached hydrogens (tertiary/aromatic N) is 1. The van der Waals surface area contributed by atoms with Crippen LogP contribution < -0.4 is 5.32 Å². The summed E-state index contributed by atoms with van der Waals surface area (Å²) in [6.07, 6.45) is 3.01. The zero-order valence-corrected chi connectivity index (χ0v) is 12.1. The van der Waals surface area contributed by atoms with Crippen molar-refractivity contribution in [2.24, 2.45) is 0 Å². The molecule has 0 aliphatic rings. The number of rotatable bonds is 5. The van der Waals surface area contributed by atoms with Crippen LogP contribution in [0, 0.1) is 13.8 Å². The molecule has 2 aromatic heterocycles. The molecule has 0 amide bonds. The summed E-state index contributed by atoms with van der Waals surface area (Å²) in [5, 5.41) is 3.52.